The van der Waals surface area contributed by atoms with Crippen LogP contribution in [-0.2, 0) is 14.3 Å². The van der Waals surface area contributed by atoms with Crippen LogP contribution in [0.3, 0.4) is 0 Å². The van der Waals surface area contributed by atoms with Crippen molar-refractivity contribution in [3.05, 3.63) is 94.8 Å². The number of ketones is 2. The number of fused-ring (bicyclic) bond motifs is 2. The van der Waals surface area contributed by atoms with E-state index in [1.165, 1.54) is 42.5 Å². The summed E-state index contributed by atoms with van der Waals surface area (Å²) in [4.78, 5) is 49.2. The Morgan fingerprint density at radius 1 is 0.781 bits per heavy atom. The fraction of sp³-hybridized carbons (Fsp3) is 0.0833. The first-order valence-electron chi connectivity index (χ1n) is 9.58. The Labute approximate surface area is 181 Å². The Morgan fingerprint density at radius 2 is 1.41 bits per heavy atom. The minimum absolute atomic E-state index is 0.191. The third kappa shape index (κ3) is 4.39. The molecule has 160 valence electrons. The van der Waals surface area contributed by atoms with Crippen molar-refractivity contribution in [2.45, 2.75) is 0 Å². The summed E-state index contributed by atoms with van der Waals surface area (Å²) in [6.45, 7) is -1.02. The molecule has 0 heterocycles. The molecule has 0 saturated heterocycles. The second-order valence-corrected chi connectivity index (χ2v) is 6.92. The lowest BCUT2D eigenvalue weighted by molar-refractivity contribution is -0.149. The van der Waals surface area contributed by atoms with E-state index in [-0.39, 0.29) is 34.1 Å². The smallest absolute Gasteiger partial charge is 0.344 e. The zero-order chi connectivity index (χ0) is 22.7. The van der Waals surface area contributed by atoms with Gasteiger partial charge in [-0.05, 0) is 42.5 Å². The van der Waals surface area contributed by atoms with E-state index in [2.05, 4.69) is 5.32 Å². The minimum atomic E-state index is -0.785. The summed E-state index contributed by atoms with van der Waals surface area (Å²) in [5.74, 6) is -2.14. The van der Waals surface area contributed by atoms with E-state index in [9.17, 15) is 23.6 Å². The molecule has 3 aromatic rings. The van der Waals surface area contributed by atoms with E-state index in [1.807, 2.05) is 0 Å². The van der Waals surface area contributed by atoms with Crippen molar-refractivity contribution >= 4 is 29.1 Å². The Kier molecular flexibility index (Phi) is 5.76. The number of halogens is 1. The molecule has 0 aromatic heterocycles. The fourth-order valence-corrected chi connectivity index (χ4v) is 3.24. The maximum Gasteiger partial charge on any atom is 0.344 e. The molecule has 1 amide bonds. The van der Waals surface area contributed by atoms with E-state index < -0.39 is 30.9 Å². The van der Waals surface area contributed by atoms with Gasteiger partial charge < -0.3 is 14.8 Å². The van der Waals surface area contributed by atoms with Gasteiger partial charge in [0.05, 0.1) is 0 Å². The van der Waals surface area contributed by atoms with Crippen LogP contribution in [0.4, 0.5) is 10.1 Å². The number of hydrogen-bond acceptors (Lipinski definition) is 6. The molecule has 0 radical (unpaired) electrons. The van der Waals surface area contributed by atoms with Crippen molar-refractivity contribution in [3.63, 3.8) is 0 Å². The summed E-state index contributed by atoms with van der Waals surface area (Å²) in [7, 11) is 0. The van der Waals surface area contributed by atoms with Crippen LogP contribution >= 0.6 is 0 Å². The molecular weight excluding hydrogens is 417 g/mol. The van der Waals surface area contributed by atoms with Gasteiger partial charge in [-0.25, -0.2) is 9.18 Å². The molecule has 0 spiro atoms. The quantitative estimate of drug-likeness (QED) is 0.469. The second kappa shape index (κ2) is 8.81. The predicted molar refractivity (Wildman–Crippen MR) is 111 cm³/mol. The van der Waals surface area contributed by atoms with E-state index in [4.69, 9.17) is 9.47 Å². The SMILES string of the molecule is O=C(COC(=O)COc1ccc(F)cc1)Nc1ccc2c(c1)C(=O)c1ccccc1C2=O. The number of amides is 1. The Balaban J connectivity index is 1.34. The van der Waals surface area contributed by atoms with Crippen molar-refractivity contribution in [1.82, 2.24) is 0 Å². The van der Waals surface area contributed by atoms with Gasteiger partial charge in [0, 0.05) is 27.9 Å². The summed E-state index contributed by atoms with van der Waals surface area (Å²) in [6.07, 6.45) is 0. The van der Waals surface area contributed by atoms with Gasteiger partial charge in [0.2, 0.25) is 0 Å². The van der Waals surface area contributed by atoms with Crippen molar-refractivity contribution in [2.24, 2.45) is 0 Å². The highest BCUT2D eigenvalue weighted by atomic mass is 19.1. The lowest BCUT2D eigenvalue weighted by atomic mass is 9.84. The molecular formula is C24H16FNO6. The number of carbonyl (C=O) groups is 4. The molecule has 1 N–H and O–H groups in total. The standard InChI is InChI=1S/C24H16FNO6/c25-14-5-8-16(9-6-14)31-13-22(28)32-12-21(27)26-15-7-10-19-20(11-15)24(30)18-4-2-1-3-17(18)23(19)29/h1-11H,12-13H2,(H,26,27). The molecule has 0 unspecified atom stereocenters. The number of hydrogen-bond donors (Lipinski definition) is 1. The first-order valence-corrected chi connectivity index (χ1v) is 9.58. The molecule has 8 heteroatoms. The van der Waals surface area contributed by atoms with Crippen molar-refractivity contribution in [2.75, 3.05) is 18.5 Å². The van der Waals surface area contributed by atoms with E-state index in [0.29, 0.717) is 11.1 Å². The summed E-state index contributed by atoms with van der Waals surface area (Å²) >= 11 is 0. The summed E-state index contributed by atoms with van der Waals surface area (Å²) in [5.41, 5.74) is 1.39. The third-order valence-corrected chi connectivity index (χ3v) is 4.74. The average Bonchev–Trinajstić information content (AvgIpc) is 2.81. The van der Waals surface area contributed by atoms with E-state index in [1.54, 1.807) is 24.3 Å². The van der Waals surface area contributed by atoms with Crippen LogP contribution < -0.4 is 10.1 Å². The zero-order valence-electron chi connectivity index (χ0n) is 16.6. The molecule has 0 bridgehead atoms. The van der Waals surface area contributed by atoms with Crippen LogP contribution in [-0.4, -0.2) is 36.7 Å². The largest absolute Gasteiger partial charge is 0.482 e. The topological polar surface area (TPSA) is 98.8 Å². The van der Waals surface area contributed by atoms with Crippen molar-refractivity contribution in [3.8, 4) is 5.75 Å². The first-order chi connectivity index (χ1) is 15.4. The molecule has 7 nitrogen and oxygen atoms in total. The molecule has 0 atom stereocenters. The third-order valence-electron chi connectivity index (χ3n) is 4.74. The van der Waals surface area contributed by atoms with Crippen LogP contribution in [0.2, 0.25) is 0 Å². The number of benzene rings is 3. The summed E-state index contributed by atoms with van der Waals surface area (Å²) < 4.78 is 22.8. The maximum absolute atomic E-state index is 12.8. The van der Waals surface area contributed by atoms with Gasteiger partial charge in [0.15, 0.2) is 24.8 Å². The zero-order valence-corrected chi connectivity index (χ0v) is 16.6. The van der Waals surface area contributed by atoms with Crippen LogP contribution in [0, 0.1) is 5.82 Å². The lowest BCUT2D eigenvalue weighted by Crippen LogP contribution is -2.24. The molecule has 3 aromatic carbocycles. The van der Waals surface area contributed by atoms with Gasteiger partial charge in [0.1, 0.15) is 11.6 Å². The predicted octanol–water partition coefficient (Wildman–Crippen LogP) is 3.16. The number of rotatable bonds is 6. The lowest BCUT2D eigenvalue weighted by Gasteiger charge is -2.18. The molecule has 4 rings (SSSR count). The number of carbonyl (C=O) groups excluding carboxylic acids is 4. The van der Waals surface area contributed by atoms with Gasteiger partial charge >= 0.3 is 5.97 Å². The molecule has 0 aliphatic heterocycles. The Hall–Kier alpha value is -4.33. The Morgan fingerprint density at radius 3 is 2.09 bits per heavy atom. The number of esters is 1. The number of anilines is 1. The number of ether oxygens (including phenoxy) is 2. The first kappa shape index (κ1) is 20.9. The van der Waals surface area contributed by atoms with Crippen LogP contribution in [0.1, 0.15) is 31.8 Å². The molecule has 0 saturated carbocycles. The minimum Gasteiger partial charge on any atom is -0.482 e. The van der Waals surface area contributed by atoms with Gasteiger partial charge in [-0.2, -0.15) is 0 Å². The van der Waals surface area contributed by atoms with Crippen LogP contribution in [0.5, 0.6) is 5.75 Å². The van der Waals surface area contributed by atoms with Crippen LogP contribution in [0.25, 0.3) is 0 Å². The Bertz CT molecular complexity index is 1240. The number of nitrogens with one attached hydrogen (secondary N) is 1. The fourth-order valence-electron chi connectivity index (χ4n) is 3.24. The highest BCUT2D eigenvalue weighted by Crippen LogP contribution is 2.29. The molecule has 1 aliphatic rings. The highest BCUT2D eigenvalue weighted by molar-refractivity contribution is 6.28. The van der Waals surface area contributed by atoms with Crippen molar-refractivity contribution < 1.29 is 33.0 Å². The monoisotopic (exact) mass is 433 g/mol. The summed E-state index contributed by atoms with van der Waals surface area (Å²) in [5, 5.41) is 2.52. The van der Waals surface area contributed by atoms with Gasteiger partial charge in [-0.15, -0.1) is 0 Å². The molecule has 0 fully saturated rings. The average molecular weight is 433 g/mol. The van der Waals surface area contributed by atoms with Gasteiger partial charge in [0.25, 0.3) is 5.91 Å². The van der Waals surface area contributed by atoms with Crippen molar-refractivity contribution in [1.29, 1.82) is 0 Å². The second-order valence-electron chi connectivity index (χ2n) is 6.92. The van der Waals surface area contributed by atoms with Crippen LogP contribution in [0.15, 0.2) is 66.7 Å². The van der Waals surface area contributed by atoms with E-state index >= 15 is 0 Å². The van der Waals surface area contributed by atoms with E-state index in [0.717, 1.165) is 0 Å². The molecule has 32 heavy (non-hydrogen) atoms. The normalized spacial score (nSPS) is 11.9. The molecule has 1 aliphatic carbocycles. The maximum atomic E-state index is 12.8. The van der Waals surface area contributed by atoms with Gasteiger partial charge in [-0.1, -0.05) is 24.3 Å². The highest BCUT2D eigenvalue weighted by Gasteiger charge is 2.29. The van der Waals surface area contributed by atoms with Gasteiger partial charge in [-0.3, -0.25) is 14.4 Å². The summed E-state index contributed by atoms with van der Waals surface area (Å²) in [6, 6.07) is 16.0.